The van der Waals surface area contributed by atoms with Gasteiger partial charge in [-0.05, 0) is 29.9 Å². The standard InChI is InChI=1S/C17H25NO/c1-6-10-11-13-14(8-3)18-16(19)15(13)17(5,9-4)12-7-2/h6,8,10-11,15H,1,3,7,9,12H2,2,4-5H3,(H,18,19)/b11-10-. The Bertz CT molecular complexity index is 431. The summed E-state index contributed by atoms with van der Waals surface area (Å²) >= 11 is 0. The van der Waals surface area contributed by atoms with Gasteiger partial charge in [0.15, 0.2) is 0 Å². The number of carbonyl (C=O) groups is 1. The minimum atomic E-state index is -0.0957. The Morgan fingerprint density at radius 2 is 2.05 bits per heavy atom. The van der Waals surface area contributed by atoms with Crippen molar-refractivity contribution < 1.29 is 4.79 Å². The molecule has 1 heterocycles. The molecule has 1 aliphatic rings. The molecule has 2 atom stereocenters. The van der Waals surface area contributed by atoms with Gasteiger partial charge in [0.25, 0.3) is 0 Å². The SMILES string of the molecule is C=C/C=C\C1=C(C=C)NC(=O)C1C(C)(CC)CCC. The molecule has 0 aliphatic carbocycles. The topological polar surface area (TPSA) is 29.1 Å². The van der Waals surface area contributed by atoms with Gasteiger partial charge < -0.3 is 5.32 Å². The molecule has 1 N–H and O–H groups in total. The lowest BCUT2D eigenvalue weighted by molar-refractivity contribution is -0.125. The molecule has 2 nitrogen and oxygen atoms in total. The largest absolute Gasteiger partial charge is 0.325 e. The summed E-state index contributed by atoms with van der Waals surface area (Å²) in [6.45, 7) is 14.0. The van der Waals surface area contributed by atoms with Crippen LogP contribution in [0, 0.1) is 11.3 Å². The minimum Gasteiger partial charge on any atom is -0.325 e. The molecule has 0 aromatic rings. The molecule has 0 aromatic heterocycles. The fourth-order valence-electron chi connectivity index (χ4n) is 2.89. The van der Waals surface area contributed by atoms with Gasteiger partial charge in [-0.1, -0.05) is 58.6 Å². The molecule has 1 amide bonds. The van der Waals surface area contributed by atoms with Crippen molar-refractivity contribution in [2.75, 3.05) is 0 Å². The summed E-state index contributed by atoms with van der Waals surface area (Å²) in [5.41, 5.74) is 1.87. The van der Waals surface area contributed by atoms with Crippen molar-refractivity contribution in [3.8, 4) is 0 Å². The third-order valence-electron chi connectivity index (χ3n) is 4.08. The van der Waals surface area contributed by atoms with Gasteiger partial charge in [0.1, 0.15) is 0 Å². The van der Waals surface area contributed by atoms with Crippen LogP contribution in [0.5, 0.6) is 0 Å². The fourth-order valence-corrected chi connectivity index (χ4v) is 2.89. The predicted octanol–water partition coefficient (Wildman–Crippen LogP) is 4.13. The summed E-state index contributed by atoms with van der Waals surface area (Å²) < 4.78 is 0. The van der Waals surface area contributed by atoms with E-state index in [1.807, 2.05) is 12.2 Å². The monoisotopic (exact) mass is 259 g/mol. The molecular weight excluding hydrogens is 234 g/mol. The first-order valence-corrected chi connectivity index (χ1v) is 7.00. The first kappa shape index (κ1) is 15.5. The summed E-state index contributed by atoms with van der Waals surface area (Å²) in [4.78, 5) is 12.3. The molecule has 19 heavy (non-hydrogen) atoms. The van der Waals surface area contributed by atoms with E-state index in [-0.39, 0.29) is 17.2 Å². The van der Waals surface area contributed by atoms with Crippen LogP contribution in [-0.4, -0.2) is 5.91 Å². The maximum atomic E-state index is 12.3. The van der Waals surface area contributed by atoms with Crippen LogP contribution in [-0.2, 0) is 4.79 Å². The second-order valence-corrected chi connectivity index (χ2v) is 5.35. The number of amides is 1. The van der Waals surface area contributed by atoms with E-state index in [4.69, 9.17) is 0 Å². The molecule has 104 valence electrons. The lowest BCUT2D eigenvalue weighted by atomic mass is 9.69. The maximum absolute atomic E-state index is 12.3. The Balaban J connectivity index is 3.25. The molecule has 0 saturated carbocycles. The Kier molecular flexibility index (Phi) is 5.34. The Hall–Kier alpha value is -1.57. The lowest BCUT2D eigenvalue weighted by Gasteiger charge is -2.34. The van der Waals surface area contributed by atoms with Gasteiger partial charge in [0.05, 0.1) is 5.92 Å². The van der Waals surface area contributed by atoms with Crippen LogP contribution in [0.4, 0.5) is 0 Å². The van der Waals surface area contributed by atoms with E-state index in [9.17, 15) is 4.79 Å². The number of hydrogen-bond acceptors (Lipinski definition) is 1. The molecular formula is C17H25NO. The van der Waals surface area contributed by atoms with Crippen LogP contribution in [0.3, 0.4) is 0 Å². The van der Waals surface area contributed by atoms with Crippen molar-refractivity contribution in [3.63, 3.8) is 0 Å². The van der Waals surface area contributed by atoms with Crippen molar-refractivity contribution in [2.45, 2.75) is 40.0 Å². The molecule has 0 bridgehead atoms. The molecule has 0 fully saturated rings. The lowest BCUT2D eigenvalue weighted by Crippen LogP contribution is -2.35. The van der Waals surface area contributed by atoms with Crippen molar-refractivity contribution in [1.82, 2.24) is 5.32 Å². The van der Waals surface area contributed by atoms with E-state index >= 15 is 0 Å². The van der Waals surface area contributed by atoms with Crippen LogP contribution >= 0.6 is 0 Å². The average Bonchev–Trinajstić information content (AvgIpc) is 2.73. The number of carbonyl (C=O) groups excluding carboxylic acids is 1. The normalized spacial score (nSPS) is 22.5. The maximum Gasteiger partial charge on any atom is 0.232 e. The van der Waals surface area contributed by atoms with Crippen LogP contribution in [0.2, 0.25) is 0 Å². The molecule has 2 unspecified atom stereocenters. The summed E-state index contributed by atoms with van der Waals surface area (Å²) in [5.74, 6) is -0.00179. The first-order chi connectivity index (χ1) is 9.03. The quantitative estimate of drug-likeness (QED) is 0.684. The Morgan fingerprint density at radius 3 is 2.53 bits per heavy atom. The van der Waals surface area contributed by atoms with Gasteiger partial charge in [-0.2, -0.15) is 0 Å². The van der Waals surface area contributed by atoms with E-state index in [0.717, 1.165) is 30.5 Å². The van der Waals surface area contributed by atoms with Crippen molar-refractivity contribution in [1.29, 1.82) is 0 Å². The second-order valence-electron chi connectivity index (χ2n) is 5.35. The Morgan fingerprint density at radius 1 is 1.37 bits per heavy atom. The summed E-state index contributed by atoms with van der Waals surface area (Å²) in [5, 5.41) is 2.95. The number of rotatable bonds is 7. The van der Waals surface area contributed by atoms with Crippen LogP contribution in [0.25, 0.3) is 0 Å². The zero-order chi connectivity index (χ0) is 14.5. The van der Waals surface area contributed by atoms with E-state index in [0.29, 0.717) is 0 Å². The van der Waals surface area contributed by atoms with Crippen molar-refractivity contribution in [3.05, 3.63) is 48.7 Å². The van der Waals surface area contributed by atoms with E-state index < -0.39 is 0 Å². The van der Waals surface area contributed by atoms with Crippen molar-refractivity contribution in [2.24, 2.45) is 11.3 Å². The average molecular weight is 259 g/mol. The van der Waals surface area contributed by atoms with Crippen LogP contribution in [0.1, 0.15) is 40.0 Å². The third-order valence-corrected chi connectivity index (χ3v) is 4.08. The molecule has 1 rings (SSSR count). The summed E-state index contributed by atoms with van der Waals surface area (Å²) in [7, 11) is 0. The highest BCUT2D eigenvalue weighted by Gasteiger charge is 2.43. The van der Waals surface area contributed by atoms with E-state index in [1.54, 1.807) is 12.2 Å². The van der Waals surface area contributed by atoms with Crippen molar-refractivity contribution >= 4 is 5.91 Å². The second kappa shape index (κ2) is 6.55. The first-order valence-electron chi connectivity index (χ1n) is 7.00. The predicted molar refractivity (Wildman–Crippen MR) is 81.5 cm³/mol. The molecule has 1 aliphatic heterocycles. The Labute approximate surface area is 117 Å². The van der Waals surface area contributed by atoms with Gasteiger partial charge in [0.2, 0.25) is 5.91 Å². The third kappa shape index (κ3) is 3.06. The van der Waals surface area contributed by atoms with Gasteiger partial charge in [-0.3, -0.25) is 4.79 Å². The number of allylic oxidation sites excluding steroid dienone is 4. The summed E-state index contributed by atoms with van der Waals surface area (Å²) in [6.07, 6.45) is 10.4. The van der Waals surface area contributed by atoms with Gasteiger partial charge in [-0.15, -0.1) is 0 Å². The van der Waals surface area contributed by atoms with E-state index in [2.05, 4.69) is 39.2 Å². The highest BCUT2D eigenvalue weighted by Crippen LogP contribution is 2.44. The van der Waals surface area contributed by atoms with Gasteiger partial charge >= 0.3 is 0 Å². The van der Waals surface area contributed by atoms with Crippen LogP contribution in [0.15, 0.2) is 48.7 Å². The van der Waals surface area contributed by atoms with Gasteiger partial charge in [0, 0.05) is 5.70 Å². The highest BCUT2D eigenvalue weighted by atomic mass is 16.2. The smallest absolute Gasteiger partial charge is 0.232 e. The number of hydrogen-bond donors (Lipinski definition) is 1. The van der Waals surface area contributed by atoms with Gasteiger partial charge in [-0.25, -0.2) is 0 Å². The number of nitrogens with one attached hydrogen (secondary N) is 1. The molecule has 0 radical (unpaired) electrons. The molecule has 2 heteroatoms. The molecule has 0 aromatic carbocycles. The molecule has 0 saturated heterocycles. The van der Waals surface area contributed by atoms with E-state index in [1.165, 1.54) is 0 Å². The zero-order valence-corrected chi connectivity index (χ0v) is 12.3. The highest BCUT2D eigenvalue weighted by molar-refractivity contribution is 5.89. The van der Waals surface area contributed by atoms with Crippen LogP contribution < -0.4 is 5.32 Å². The minimum absolute atomic E-state index is 0.00949. The zero-order valence-electron chi connectivity index (χ0n) is 12.3. The fraction of sp³-hybridized carbons (Fsp3) is 0.471. The summed E-state index contributed by atoms with van der Waals surface area (Å²) in [6, 6.07) is 0. The molecule has 0 spiro atoms.